The number of allylic oxidation sites excluding steroid dienone is 2. The molecule has 0 aromatic heterocycles. The van der Waals surface area contributed by atoms with Crippen molar-refractivity contribution in [3.63, 3.8) is 0 Å². The zero-order valence-electron chi connectivity index (χ0n) is 10.8. The van der Waals surface area contributed by atoms with Gasteiger partial charge in [-0.1, -0.05) is 26.5 Å². The van der Waals surface area contributed by atoms with Crippen LogP contribution in [0.1, 0.15) is 39.5 Å². The maximum absolute atomic E-state index is 12.2. The van der Waals surface area contributed by atoms with Crippen LogP contribution in [0.15, 0.2) is 23.8 Å². The Hall–Kier alpha value is -0.890. The molecule has 0 aromatic carbocycles. The van der Waals surface area contributed by atoms with E-state index in [-0.39, 0.29) is 23.7 Å². The molecule has 0 spiro atoms. The zero-order chi connectivity index (χ0) is 12.6. The fourth-order valence-corrected chi connectivity index (χ4v) is 3.37. The molecule has 94 valence electrons. The summed E-state index contributed by atoms with van der Waals surface area (Å²) in [4.78, 5) is 12.2. The number of hydrogen-bond donors (Lipinski definition) is 1. The van der Waals surface area contributed by atoms with Crippen molar-refractivity contribution < 1.29 is 9.90 Å². The van der Waals surface area contributed by atoms with Crippen molar-refractivity contribution in [2.24, 2.45) is 17.3 Å². The number of Topliss-reactive ketones (excluding diaryl/α,β-unsaturated/α-hetero) is 1. The summed E-state index contributed by atoms with van der Waals surface area (Å²) in [7, 11) is 0. The van der Waals surface area contributed by atoms with Gasteiger partial charge in [0.05, 0.1) is 6.61 Å². The lowest BCUT2D eigenvalue weighted by Gasteiger charge is -2.46. The third kappa shape index (κ3) is 1.99. The zero-order valence-corrected chi connectivity index (χ0v) is 10.8. The Balaban J connectivity index is 2.31. The first-order valence-electron chi connectivity index (χ1n) is 6.51. The van der Waals surface area contributed by atoms with E-state index in [9.17, 15) is 9.90 Å². The molecule has 2 heteroatoms. The molecule has 0 unspecified atom stereocenters. The van der Waals surface area contributed by atoms with Crippen LogP contribution in [0.25, 0.3) is 0 Å². The van der Waals surface area contributed by atoms with Crippen molar-refractivity contribution in [1.82, 2.24) is 0 Å². The van der Waals surface area contributed by atoms with Gasteiger partial charge in [-0.15, -0.1) is 0 Å². The molecular weight excluding hydrogens is 212 g/mol. The molecule has 1 N–H and O–H groups in total. The van der Waals surface area contributed by atoms with Crippen molar-refractivity contribution in [3.8, 4) is 0 Å². The fourth-order valence-electron chi connectivity index (χ4n) is 3.37. The summed E-state index contributed by atoms with van der Waals surface area (Å²) in [6, 6.07) is 0. The lowest BCUT2D eigenvalue weighted by atomic mass is 9.57. The number of rotatable bonds is 2. The Labute approximate surface area is 103 Å². The van der Waals surface area contributed by atoms with Crippen LogP contribution in [0.4, 0.5) is 0 Å². The van der Waals surface area contributed by atoms with Crippen LogP contribution >= 0.6 is 0 Å². The molecule has 1 saturated carbocycles. The normalized spacial score (nSPS) is 37.4. The van der Waals surface area contributed by atoms with Gasteiger partial charge in [-0.25, -0.2) is 0 Å². The summed E-state index contributed by atoms with van der Waals surface area (Å²) in [6.45, 7) is 8.35. The average Bonchev–Trinajstić information content (AvgIpc) is 2.30. The number of ketones is 1. The van der Waals surface area contributed by atoms with Crippen LogP contribution < -0.4 is 0 Å². The number of aliphatic hydroxyl groups is 1. The number of aliphatic hydroxyl groups excluding tert-OH is 1. The van der Waals surface area contributed by atoms with Crippen LogP contribution in [-0.4, -0.2) is 17.5 Å². The largest absolute Gasteiger partial charge is 0.392 e. The first-order valence-corrected chi connectivity index (χ1v) is 6.51. The molecule has 1 fully saturated rings. The van der Waals surface area contributed by atoms with Crippen molar-refractivity contribution in [2.75, 3.05) is 6.61 Å². The minimum atomic E-state index is -0.00361. The van der Waals surface area contributed by atoms with Gasteiger partial charge in [-0.3, -0.25) is 4.79 Å². The smallest absolute Gasteiger partial charge is 0.159 e. The quantitative estimate of drug-likeness (QED) is 0.746. The summed E-state index contributed by atoms with van der Waals surface area (Å²) in [5, 5.41) is 9.19. The summed E-state index contributed by atoms with van der Waals surface area (Å²) in [5.41, 5.74) is 1.85. The summed E-state index contributed by atoms with van der Waals surface area (Å²) in [6.07, 6.45) is 5.83. The molecule has 0 saturated heterocycles. The Kier molecular flexibility index (Phi) is 3.26. The highest BCUT2D eigenvalue weighted by atomic mass is 16.3. The lowest BCUT2D eigenvalue weighted by Crippen LogP contribution is -2.41. The molecular formula is C15H22O2. The van der Waals surface area contributed by atoms with Crippen LogP contribution in [-0.2, 0) is 4.79 Å². The molecule has 0 aliphatic heterocycles. The van der Waals surface area contributed by atoms with Crippen LogP contribution in [0.2, 0.25) is 0 Å². The molecule has 0 aromatic rings. The van der Waals surface area contributed by atoms with E-state index >= 15 is 0 Å². The minimum absolute atomic E-state index is 0.00144. The highest BCUT2D eigenvalue weighted by Gasteiger charge is 2.45. The van der Waals surface area contributed by atoms with Crippen molar-refractivity contribution in [1.29, 1.82) is 0 Å². The molecule has 3 atom stereocenters. The molecule has 0 bridgehead atoms. The highest BCUT2D eigenvalue weighted by Crippen LogP contribution is 2.51. The number of carbonyl (C=O) groups excluding carboxylic acids is 1. The van der Waals surface area contributed by atoms with E-state index < -0.39 is 0 Å². The summed E-state index contributed by atoms with van der Waals surface area (Å²) < 4.78 is 0. The van der Waals surface area contributed by atoms with E-state index in [0.717, 1.165) is 30.4 Å². The van der Waals surface area contributed by atoms with Crippen LogP contribution in [0.3, 0.4) is 0 Å². The summed E-state index contributed by atoms with van der Waals surface area (Å²) in [5.74, 6) is 0.973. The predicted molar refractivity (Wildman–Crippen MR) is 68.5 cm³/mol. The Morgan fingerprint density at radius 1 is 1.65 bits per heavy atom. The number of fused-ring (bicyclic) bond motifs is 1. The van der Waals surface area contributed by atoms with Crippen LogP contribution in [0.5, 0.6) is 0 Å². The van der Waals surface area contributed by atoms with E-state index in [0.29, 0.717) is 12.3 Å². The lowest BCUT2D eigenvalue weighted by molar-refractivity contribution is -0.120. The molecule has 2 nitrogen and oxygen atoms in total. The monoisotopic (exact) mass is 234 g/mol. The van der Waals surface area contributed by atoms with Gasteiger partial charge < -0.3 is 5.11 Å². The first-order chi connectivity index (χ1) is 7.99. The standard InChI is InChI=1S/C15H22O2/c1-10(9-16)12-7-14(17)13-6-4-5-11(2)15(13,3)8-12/h6,11-12,16H,1,4-5,7-9H2,2-3H3/t11-,12-,15+/m1/s1. The fraction of sp³-hybridized carbons (Fsp3) is 0.667. The Bertz CT molecular complexity index is 380. The molecule has 2 aliphatic rings. The molecule has 0 radical (unpaired) electrons. The van der Waals surface area contributed by atoms with Gasteiger partial charge in [0.2, 0.25) is 0 Å². The van der Waals surface area contributed by atoms with Gasteiger partial charge in [0.15, 0.2) is 5.78 Å². The number of carbonyl (C=O) groups is 1. The van der Waals surface area contributed by atoms with Gasteiger partial charge in [-0.05, 0) is 47.7 Å². The topological polar surface area (TPSA) is 37.3 Å². The van der Waals surface area contributed by atoms with Crippen molar-refractivity contribution in [3.05, 3.63) is 23.8 Å². The second-order valence-corrected chi connectivity index (χ2v) is 5.86. The molecule has 0 heterocycles. The Morgan fingerprint density at radius 3 is 3.00 bits per heavy atom. The third-order valence-electron chi connectivity index (χ3n) is 4.83. The maximum Gasteiger partial charge on any atom is 0.159 e. The van der Waals surface area contributed by atoms with E-state index in [1.807, 2.05) is 0 Å². The highest BCUT2D eigenvalue weighted by molar-refractivity contribution is 5.98. The van der Waals surface area contributed by atoms with Gasteiger partial charge in [0, 0.05) is 6.42 Å². The second kappa shape index (κ2) is 4.41. The van der Waals surface area contributed by atoms with E-state index in [1.54, 1.807) is 0 Å². The summed E-state index contributed by atoms with van der Waals surface area (Å²) >= 11 is 0. The predicted octanol–water partition coefficient (Wildman–Crippen LogP) is 2.88. The van der Waals surface area contributed by atoms with Gasteiger partial charge >= 0.3 is 0 Å². The van der Waals surface area contributed by atoms with E-state index in [2.05, 4.69) is 26.5 Å². The second-order valence-electron chi connectivity index (χ2n) is 5.86. The molecule has 0 amide bonds. The molecule has 2 aliphatic carbocycles. The van der Waals surface area contributed by atoms with Gasteiger partial charge in [0.25, 0.3) is 0 Å². The Morgan fingerprint density at radius 2 is 2.35 bits per heavy atom. The molecule has 2 rings (SSSR count). The molecule has 17 heavy (non-hydrogen) atoms. The first kappa shape index (κ1) is 12.6. The average molecular weight is 234 g/mol. The SMILES string of the molecule is C=C(CO)[C@@H]1CC(=O)C2=CCC[C@@H](C)[C@]2(C)C1. The van der Waals surface area contributed by atoms with E-state index in [1.165, 1.54) is 0 Å². The maximum atomic E-state index is 12.2. The number of hydrogen-bond acceptors (Lipinski definition) is 2. The van der Waals surface area contributed by atoms with Crippen LogP contribution in [0, 0.1) is 17.3 Å². The van der Waals surface area contributed by atoms with Gasteiger partial charge in [0.1, 0.15) is 0 Å². The van der Waals surface area contributed by atoms with Gasteiger partial charge in [-0.2, -0.15) is 0 Å². The van der Waals surface area contributed by atoms with Crippen molar-refractivity contribution >= 4 is 5.78 Å². The van der Waals surface area contributed by atoms with Crippen molar-refractivity contribution in [2.45, 2.75) is 39.5 Å². The third-order valence-corrected chi connectivity index (χ3v) is 4.83. The van der Waals surface area contributed by atoms with E-state index in [4.69, 9.17) is 0 Å². The minimum Gasteiger partial charge on any atom is -0.392 e.